The van der Waals surface area contributed by atoms with Crippen LogP contribution in [-0.4, -0.2) is 17.9 Å². The molecule has 0 aliphatic carbocycles. The number of amides is 1. The van der Waals surface area contributed by atoms with Crippen molar-refractivity contribution in [1.82, 2.24) is 5.43 Å². The van der Waals surface area contributed by atoms with Gasteiger partial charge in [-0.2, -0.15) is 5.10 Å². The molecule has 2 aromatic rings. The van der Waals surface area contributed by atoms with Gasteiger partial charge in [-0.3, -0.25) is 4.79 Å². The van der Waals surface area contributed by atoms with E-state index in [0.29, 0.717) is 11.5 Å². The topological polar surface area (TPSA) is 41.5 Å². The fraction of sp³-hybridized carbons (Fsp3) is 0.263. The summed E-state index contributed by atoms with van der Waals surface area (Å²) in [6.45, 7) is 6.23. The van der Waals surface area contributed by atoms with Gasteiger partial charge < -0.3 is 0 Å². The molecule has 0 bridgehead atoms. The first kappa shape index (κ1) is 18.6. The third-order valence-corrected chi connectivity index (χ3v) is 5.29. The number of thioether (sulfide) groups is 1. The molecule has 2 aromatic carbocycles. The molecule has 0 radical (unpaired) electrons. The summed E-state index contributed by atoms with van der Waals surface area (Å²) in [7, 11) is 0. The predicted molar refractivity (Wildman–Crippen MR) is 104 cm³/mol. The highest BCUT2D eigenvalue weighted by atomic mass is 35.5. The van der Waals surface area contributed by atoms with Gasteiger partial charge in [-0.1, -0.05) is 41.9 Å². The van der Waals surface area contributed by atoms with Gasteiger partial charge >= 0.3 is 0 Å². The molecule has 1 N–H and O–H groups in total. The van der Waals surface area contributed by atoms with Gasteiger partial charge in [-0.05, 0) is 54.7 Å². The number of carbonyl (C=O) groups excluding carboxylic acids is 1. The predicted octanol–water partition coefficient (Wildman–Crippen LogP) is 4.65. The maximum Gasteiger partial charge on any atom is 0.250 e. The Morgan fingerprint density at radius 1 is 1.17 bits per heavy atom. The van der Waals surface area contributed by atoms with Crippen LogP contribution in [0.15, 0.2) is 41.5 Å². The average Bonchev–Trinajstić information content (AvgIpc) is 2.56. The van der Waals surface area contributed by atoms with E-state index in [1.165, 1.54) is 28.5 Å². The smallest absolute Gasteiger partial charge is 0.250 e. The minimum atomic E-state index is -0.121. The second kappa shape index (κ2) is 8.90. The molecule has 1 amide bonds. The fourth-order valence-corrected chi connectivity index (χ4v) is 3.30. The van der Waals surface area contributed by atoms with Crippen LogP contribution in [0.5, 0.6) is 0 Å². The van der Waals surface area contributed by atoms with Gasteiger partial charge in [0.2, 0.25) is 5.91 Å². The Kier molecular flexibility index (Phi) is 6.88. The number of hydrazone groups is 1. The van der Waals surface area contributed by atoms with Gasteiger partial charge in [0.1, 0.15) is 0 Å². The van der Waals surface area contributed by atoms with Crippen molar-refractivity contribution in [3.05, 3.63) is 69.2 Å². The van der Waals surface area contributed by atoms with Crippen LogP contribution in [0.1, 0.15) is 27.8 Å². The summed E-state index contributed by atoms with van der Waals surface area (Å²) in [6.07, 6.45) is 1.69. The van der Waals surface area contributed by atoms with E-state index in [0.717, 1.165) is 16.1 Å². The number of nitrogens with one attached hydrogen (secondary N) is 1. The van der Waals surface area contributed by atoms with E-state index in [9.17, 15) is 4.79 Å². The van der Waals surface area contributed by atoms with Crippen LogP contribution in [0.25, 0.3) is 0 Å². The van der Waals surface area contributed by atoms with Crippen LogP contribution in [0.4, 0.5) is 0 Å². The fourth-order valence-electron chi connectivity index (χ4n) is 2.19. The molecular formula is C19H21ClN2OS. The first-order chi connectivity index (χ1) is 11.5. The number of halogens is 1. The average molecular weight is 361 g/mol. The minimum Gasteiger partial charge on any atom is -0.272 e. The van der Waals surface area contributed by atoms with E-state index < -0.39 is 0 Å². The van der Waals surface area contributed by atoms with Crippen molar-refractivity contribution in [2.45, 2.75) is 26.5 Å². The first-order valence-electron chi connectivity index (χ1n) is 7.69. The molecule has 0 atom stereocenters. The van der Waals surface area contributed by atoms with E-state index in [1.54, 1.807) is 6.21 Å². The second-order valence-electron chi connectivity index (χ2n) is 5.60. The van der Waals surface area contributed by atoms with Crippen molar-refractivity contribution in [2.75, 3.05) is 5.75 Å². The standard InChI is InChI=1S/C19H21ClN2OS/c1-13-8-9-16(15(3)14(13)2)10-21-22-19(23)12-24-11-17-6-4-5-7-18(17)20/h4-10H,11-12H2,1-3H3,(H,22,23)/b21-10+. The Morgan fingerprint density at radius 3 is 2.67 bits per heavy atom. The van der Waals surface area contributed by atoms with E-state index in [-0.39, 0.29) is 5.91 Å². The molecule has 0 spiro atoms. The highest BCUT2D eigenvalue weighted by molar-refractivity contribution is 7.99. The summed E-state index contributed by atoms with van der Waals surface area (Å²) >= 11 is 7.60. The van der Waals surface area contributed by atoms with Crippen LogP contribution in [0.3, 0.4) is 0 Å². The maximum atomic E-state index is 11.8. The number of hydrogen-bond donors (Lipinski definition) is 1. The van der Waals surface area contributed by atoms with Crippen LogP contribution >= 0.6 is 23.4 Å². The van der Waals surface area contributed by atoms with Gasteiger partial charge in [-0.15, -0.1) is 11.8 Å². The summed E-state index contributed by atoms with van der Waals surface area (Å²) in [5, 5.41) is 4.78. The van der Waals surface area contributed by atoms with Gasteiger partial charge in [-0.25, -0.2) is 5.43 Å². The van der Waals surface area contributed by atoms with Crippen molar-refractivity contribution in [3.63, 3.8) is 0 Å². The highest BCUT2D eigenvalue weighted by Crippen LogP contribution is 2.20. The molecule has 2 rings (SSSR count). The van der Waals surface area contributed by atoms with Crippen molar-refractivity contribution in [2.24, 2.45) is 5.10 Å². The van der Waals surface area contributed by atoms with E-state index in [2.05, 4.69) is 37.4 Å². The summed E-state index contributed by atoms with van der Waals surface area (Å²) in [5.74, 6) is 0.923. The Bertz CT molecular complexity index is 759. The number of hydrogen-bond acceptors (Lipinski definition) is 3. The zero-order valence-electron chi connectivity index (χ0n) is 14.1. The SMILES string of the molecule is Cc1ccc(/C=N/NC(=O)CSCc2ccccc2Cl)c(C)c1C. The molecular weight excluding hydrogens is 340 g/mol. The third kappa shape index (κ3) is 5.11. The molecule has 3 nitrogen and oxygen atoms in total. The third-order valence-electron chi connectivity index (χ3n) is 3.94. The molecule has 5 heteroatoms. The lowest BCUT2D eigenvalue weighted by atomic mass is 10.00. The molecule has 24 heavy (non-hydrogen) atoms. The molecule has 0 aliphatic rings. The number of rotatable bonds is 6. The first-order valence-corrected chi connectivity index (χ1v) is 9.22. The highest BCUT2D eigenvalue weighted by Gasteiger charge is 2.04. The summed E-state index contributed by atoms with van der Waals surface area (Å²) < 4.78 is 0. The van der Waals surface area contributed by atoms with E-state index in [1.807, 2.05) is 30.3 Å². The lowest BCUT2D eigenvalue weighted by Gasteiger charge is -2.07. The van der Waals surface area contributed by atoms with Gasteiger partial charge in [0.25, 0.3) is 0 Å². The monoisotopic (exact) mass is 360 g/mol. The molecule has 0 unspecified atom stereocenters. The van der Waals surface area contributed by atoms with Crippen LogP contribution in [-0.2, 0) is 10.5 Å². The lowest BCUT2D eigenvalue weighted by molar-refractivity contribution is -0.118. The molecule has 126 valence electrons. The summed E-state index contributed by atoms with van der Waals surface area (Å²) in [5.41, 5.74) is 8.31. The number of aryl methyl sites for hydroxylation is 1. The Balaban J connectivity index is 1.81. The molecule has 0 saturated carbocycles. The Hall–Kier alpha value is -1.78. The van der Waals surface area contributed by atoms with Crippen LogP contribution < -0.4 is 5.43 Å². The Morgan fingerprint density at radius 2 is 1.92 bits per heavy atom. The van der Waals surface area contributed by atoms with Crippen LogP contribution in [0.2, 0.25) is 5.02 Å². The second-order valence-corrected chi connectivity index (χ2v) is 6.99. The van der Waals surface area contributed by atoms with Crippen molar-refractivity contribution in [1.29, 1.82) is 0 Å². The summed E-state index contributed by atoms with van der Waals surface area (Å²) in [6, 6.07) is 11.7. The van der Waals surface area contributed by atoms with Gasteiger partial charge in [0.15, 0.2) is 0 Å². The number of carbonyl (C=O) groups is 1. The molecule has 0 saturated heterocycles. The minimum absolute atomic E-state index is 0.121. The maximum absolute atomic E-state index is 11.8. The van der Waals surface area contributed by atoms with Crippen molar-refractivity contribution >= 4 is 35.5 Å². The van der Waals surface area contributed by atoms with Gasteiger partial charge in [0, 0.05) is 10.8 Å². The Labute approximate surface area is 152 Å². The normalized spacial score (nSPS) is 11.0. The van der Waals surface area contributed by atoms with E-state index in [4.69, 9.17) is 11.6 Å². The van der Waals surface area contributed by atoms with E-state index >= 15 is 0 Å². The zero-order chi connectivity index (χ0) is 17.5. The van der Waals surface area contributed by atoms with Gasteiger partial charge in [0.05, 0.1) is 12.0 Å². The summed E-state index contributed by atoms with van der Waals surface area (Å²) in [4.78, 5) is 11.8. The molecule has 0 fully saturated rings. The largest absolute Gasteiger partial charge is 0.272 e. The molecule has 0 aromatic heterocycles. The molecule has 0 aliphatic heterocycles. The van der Waals surface area contributed by atoms with Crippen LogP contribution in [0, 0.1) is 20.8 Å². The van der Waals surface area contributed by atoms with Crippen molar-refractivity contribution in [3.8, 4) is 0 Å². The zero-order valence-corrected chi connectivity index (χ0v) is 15.7. The molecule has 0 heterocycles. The quantitative estimate of drug-likeness (QED) is 0.601. The lowest BCUT2D eigenvalue weighted by Crippen LogP contribution is -2.19. The van der Waals surface area contributed by atoms with Crippen molar-refractivity contribution < 1.29 is 4.79 Å². The number of benzene rings is 2. The number of nitrogens with zero attached hydrogens (tertiary/aromatic N) is 1.